The molecule has 0 saturated carbocycles. The third kappa shape index (κ3) is 1.34. The Morgan fingerprint density at radius 1 is 1.58 bits per heavy atom. The molecule has 64 valence electrons. The van der Waals surface area contributed by atoms with Crippen LogP contribution in [0.15, 0.2) is 18.2 Å². The van der Waals surface area contributed by atoms with E-state index in [1.165, 1.54) is 18.2 Å². The molecule has 4 nitrogen and oxygen atoms in total. The number of nitrogen functional groups attached to an aromatic ring is 1. The van der Waals surface area contributed by atoms with Crippen molar-refractivity contribution in [2.24, 2.45) is 0 Å². The number of hydrogen-bond acceptors (Lipinski definition) is 3. The van der Waals surface area contributed by atoms with Crippen LogP contribution in [0.4, 0.5) is 15.8 Å². The molecule has 1 aromatic carbocycles. The van der Waals surface area contributed by atoms with Crippen LogP contribution in [0.1, 0.15) is 5.56 Å². The van der Waals surface area contributed by atoms with Gasteiger partial charge in [0.05, 0.1) is 4.92 Å². The molecule has 0 spiro atoms. The van der Waals surface area contributed by atoms with Gasteiger partial charge in [-0.3, -0.25) is 10.1 Å². The Hall–Kier alpha value is -1.65. The molecule has 0 aromatic heterocycles. The van der Waals surface area contributed by atoms with Crippen molar-refractivity contribution in [1.82, 2.24) is 0 Å². The fraction of sp³-hybridized carbons (Fsp3) is 0.143. The maximum atomic E-state index is 12.1. The number of benzene rings is 1. The number of anilines is 1. The third-order valence-corrected chi connectivity index (χ3v) is 1.51. The van der Waals surface area contributed by atoms with Gasteiger partial charge in [-0.05, 0) is 0 Å². The first-order valence-electron chi connectivity index (χ1n) is 3.24. The smallest absolute Gasteiger partial charge is 0.292 e. The van der Waals surface area contributed by atoms with Gasteiger partial charge in [0, 0.05) is 11.6 Å². The van der Waals surface area contributed by atoms with Crippen molar-refractivity contribution in [3.8, 4) is 0 Å². The Morgan fingerprint density at radius 3 is 2.75 bits per heavy atom. The first-order chi connectivity index (χ1) is 5.66. The molecule has 0 fully saturated rings. The third-order valence-electron chi connectivity index (χ3n) is 1.51. The zero-order chi connectivity index (χ0) is 9.14. The van der Waals surface area contributed by atoms with E-state index in [-0.39, 0.29) is 16.9 Å². The Labute approximate surface area is 68.0 Å². The molecule has 1 aromatic rings. The van der Waals surface area contributed by atoms with Gasteiger partial charge in [0.15, 0.2) is 0 Å². The van der Waals surface area contributed by atoms with Crippen molar-refractivity contribution in [1.29, 1.82) is 0 Å². The molecular formula is C7H7FN2O2. The van der Waals surface area contributed by atoms with Gasteiger partial charge in [-0.1, -0.05) is 12.1 Å². The Kier molecular flexibility index (Phi) is 2.23. The first kappa shape index (κ1) is 8.45. The largest absolute Gasteiger partial charge is 0.393 e. The lowest BCUT2D eigenvalue weighted by atomic mass is 10.2. The second-order valence-corrected chi connectivity index (χ2v) is 2.24. The molecule has 12 heavy (non-hydrogen) atoms. The summed E-state index contributed by atoms with van der Waals surface area (Å²) in [5.74, 6) is 0. The summed E-state index contributed by atoms with van der Waals surface area (Å²) in [4.78, 5) is 9.66. The summed E-state index contributed by atoms with van der Waals surface area (Å²) in [6.07, 6.45) is 0. The summed E-state index contributed by atoms with van der Waals surface area (Å²) in [5, 5.41) is 10.3. The number of nitro groups is 1. The van der Waals surface area contributed by atoms with Crippen LogP contribution >= 0.6 is 0 Å². The molecule has 2 N–H and O–H groups in total. The van der Waals surface area contributed by atoms with Gasteiger partial charge in [0.25, 0.3) is 5.69 Å². The summed E-state index contributed by atoms with van der Waals surface area (Å²) < 4.78 is 12.1. The summed E-state index contributed by atoms with van der Waals surface area (Å²) >= 11 is 0. The average molecular weight is 170 g/mol. The highest BCUT2D eigenvalue weighted by Gasteiger charge is 2.13. The van der Waals surface area contributed by atoms with Crippen LogP contribution in [0.3, 0.4) is 0 Å². The first-order valence-corrected chi connectivity index (χ1v) is 3.24. The Bertz CT molecular complexity index is 314. The van der Waals surface area contributed by atoms with Crippen LogP contribution in [0.25, 0.3) is 0 Å². The lowest BCUT2D eigenvalue weighted by molar-refractivity contribution is -0.384. The van der Waals surface area contributed by atoms with E-state index in [0.29, 0.717) is 0 Å². The Morgan fingerprint density at radius 2 is 2.25 bits per heavy atom. The van der Waals surface area contributed by atoms with E-state index in [4.69, 9.17) is 5.73 Å². The topological polar surface area (TPSA) is 69.2 Å². The SMILES string of the molecule is Nc1c(CF)cccc1[N+](=O)[O-]. The molecule has 0 aliphatic rings. The second-order valence-electron chi connectivity index (χ2n) is 2.24. The maximum absolute atomic E-state index is 12.1. The van der Waals surface area contributed by atoms with E-state index in [1.807, 2.05) is 0 Å². The van der Waals surface area contributed by atoms with Crippen molar-refractivity contribution in [3.63, 3.8) is 0 Å². The van der Waals surface area contributed by atoms with Gasteiger partial charge < -0.3 is 5.73 Å². The molecule has 0 radical (unpaired) electrons. The molecule has 0 heterocycles. The fourth-order valence-electron chi connectivity index (χ4n) is 0.875. The van der Waals surface area contributed by atoms with E-state index >= 15 is 0 Å². The van der Waals surface area contributed by atoms with Gasteiger partial charge in [-0.2, -0.15) is 0 Å². The van der Waals surface area contributed by atoms with Crippen LogP contribution in [0.5, 0.6) is 0 Å². The average Bonchev–Trinajstić information content (AvgIpc) is 2.04. The normalized spacial score (nSPS) is 9.75. The second kappa shape index (κ2) is 3.17. The van der Waals surface area contributed by atoms with Gasteiger partial charge >= 0.3 is 0 Å². The predicted molar refractivity (Wildman–Crippen MR) is 42.3 cm³/mol. The van der Waals surface area contributed by atoms with Crippen molar-refractivity contribution in [2.45, 2.75) is 6.67 Å². The molecular weight excluding hydrogens is 163 g/mol. The van der Waals surface area contributed by atoms with Crippen LogP contribution in [0, 0.1) is 10.1 Å². The van der Waals surface area contributed by atoms with Gasteiger partial charge in [0.1, 0.15) is 12.4 Å². The molecule has 1 rings (SSSR count). The van der Waals surface area contributed by atoms with Crippen LogP contribution < -0.4 is 5.73 Å². The van der Waals surface area contributed by atoms with Crippen molar-refractivity contribution in [3.05, 3.63) is 33.9 Å². The molecule has 0 saturated heterocycles. The van der Waals surface area contributed by atoms with E-state index in [1.54, 1.807) is 0 Å². The minimum absolute atomic E-state index is 0.0926. The van der Waals surface area contributed by atoms with Crippen LogP contribution in [-0.4, -0.2) is 4.92 Å². The highest BCUT2D eigenvalue weighted by atomic mass is 19.1. The molecule has 0 aliphatic carbocycles. The number of nitrogens with two attached hydrogens (primary N) is 1. The van der Waals surface area contributed by atoms with E-state index in [9.17, 15) is 14.5 Å². The highest BCUT2D eigenvalue weighted by Crippen LogP contribution is 2.24. The minimum Gasteiger partial charge on any atom is -0.393 e. The van der Waals surface area contributed by atoms with Crippen LogP contribution in [0.2, 0.25) is 0 Å². The number of hydrogen-bond donors (Lipinski definition) is 1. The van der Waals surface area contributed by atoms with Crippen molar-refractivity contribution >= 4 is 11.4 Å². The number of alkyl halides is 1. The predicted octanol–water partition coefficient (Wildman–Crippen LogP) is 1.65. The summed E-state index contributed by atoms with van der Waals surface area (Å²) in [6.45, 7) is -0.784. The summed E-state index contributed by atoms with van der Waals surface area (Å²) in [6, 6.07) is 4.07. The zero-order valence-electron chi connectivity index (χ0n) is 6.16. The quantitative estimate of drug-likeness (QED) is 0.416. The molecule has 0 aliphatic heterocycles. The number of para-hydroxylation sites is 1. The summed E-state index contributed by atoms with van der Waals surface area (Å²) in [7, 11) is 0. The lowest BCUT2D eigenvalue weighted by Crippen LogP contribution is -1.98. The standard InChI is InChI=1S/C7H7FN2O2/c8-4-5-2-1-3-6(7(5)9)10(11)12/h1-3H,4,9H2. The minimum atomic E-state index is -0.784. The molecule has 0 unspecified atom stereocenters. The fourth-order valence-corrected chi connectivity index (χ4v) is 0.875. The van der Waals surface area contributed by atoms with Gasteiger partial charge in [-0.15, -0.1) is 0 Å². The molecule has 5 heteroatoms. The van der Waals surface area contributed by atoms with Gasteiger partial charge in [-0.25, -0.2) is 4.39 Å². The van der Waals surface area contributed by atoms with E-state index < -0.39 is 11.6 Å². The van der Waals surface area contributed by atoms with Crippen LogP contribution in [-0.2, 0) is 6.67 Å². The number of halogens is 1. The van der Waals surface area contributed by atoms with E-state index in [2.05, 4.69) is 0 Å². The molecule has 0 amide bonds. The molecule has 0 atom stereocenters. The monoisotopic (exact) mass is 170 g/mol. The summed E-state index contributed by atoms with van der Waals surface area (Å²) in [5.41, 5.74) is 5.13. The Balaban J connectivity index is 3.23. The van der Waals surface area contributed by atoms with Crippen molar-refractivity contribution in [2.75, 3.05) is 5.73 Å². The molecule has 0 bridgehead atoms. The number of rotatable bonds is 2. The maximum Gasteiger partial charge on any atom is 0.292 e. The number of nitrogens with zero attached hydrogens (tertiary/aromatic N) is 1. The highest BCUT2D eigenvalue weighted by molar-refractivity contribution is 5.62. The van der Waals surface area contributed by atoms with Gasteiger partial charge in [0.2, 0.25) is 0 Å². The number of nitro benzene ring substituents is 1. The lowest BCUT2D eigenvalue weighted by Gasteiger charge is -2.00. The zero-order valence-corrected chi connectivity index (χ0v) is 6.16. The van der Waals surface area contributed by atoms with Crippen molar-refractivity contribution < 1.29 is 9.31 Å². The van der Waals surface area contributed by atoms with E-state index in [0.717, 1.165) is 0 Å².